The van der Waals surface area contributed by atoms with E-state index in [-0.39, 0.29) is 5.54 Å². The standard InChI is InChI=1S/C27H49N.CH2O3/c1-4-7-8-9-10-11-12-13-14-15-16-20-23-26(27(28,5-2)6-3)24-25-21-18-17-19-22-25;2-1(3)4/h17-19,21-22,26H,4-16,20,23-24,28H2,1-3H3;(H2,2,3,4). The number of unbranched alkanes of at least 4 members (excludes halogenated alkanes) is 11. The molecule has 1 aromatic rings. The molecule has 4 heteroatoms. The summed E-state index contributed by atoms with van der Waals surface area (Å²) in [5.74, 6) is 0.605. The highest BCUT2D eigenvalue weighted by atomic mass is 16.6. The van der Waals surface area contributed by atoms with Crippen molar-refractivity contribution >= 4 is 6.16 Å². The molecule has 1 aromatic carbocycles. The second-order valence-electron chi connectivity index (χ2n) is 9.29. The van der Waals surface area contributed by atoms with Crippen LogP contribution in [-0.4, -0.2) is 21.9 Å². The van der Waals surface area contributed by atoms with E-state index < -0.39 is 6.16 Å². The van der Waals surface area contributed by atoms with E-state index >= 15 is 0 Å². The SMILES string of the molecule is CCCCCCCCCCCCCCC(Cc1ccccc1)C(N)(CC)CC.O=C(O)O. The fraction of sp³-hybridized carbons (Fsp3) is 0.750. The predicted octanol–water partition coefficient (Wildman–Crippen LogP) is 8.68. The van der Waals surface area contributed by atoms with Gasteiger partial charge in [0.1, 0.15) is 0 Å². The average Bonchev–Trinajstić information content (AvgIpc) is 2.78. The molecule has 0 bridgehead atoms. The summed E-state index contributed by atoms with van der Waals surface area (Å²) in [7, 11) is 0. The highest BCUT2D eigenvalue weighted by molar-refractivity contribution is 5.53. The maximum Gasteiger partial charge on any atom is 0.503 e. The Labute approximate surface area is 198 Å². The first-order valence-corrected chi connectivity index (χ1v) is 13.1. The zero-order valence-corrected chi connectivity index (χ0v) is 21.2. The van der Waals surface area contributed by atoms with E-state index in [0.29, 0.717) is 5.92 Å². The first-order chi connectivity index (χ1) is 15.4. The van der Waals surface area contributed by atoms with Crippen LogP contribution in [0, 0.1) is 5.92 Å². The molecule has 0 aliphatic carbocycles. The number of benzene rings is 1. The molecule has 0 radical (unpaired) electrons. The summed E-state index contributed by atoms with van der Waals surface area (Å²) in [5.41, 5.74) is 8.27. The Morgan fingerprint density at radius 1 is 0.781 bits per heavy atom. The van der Waals surface area contributed by atoms with Gasteiger partial charge in [-0.3, -0.25) is 0 Å². The Balaban J connectivity index is 0.00000220. The highest BCUT2D eigenvalue weighted by Crippen LogP contribution is 2.30. The summed E-state index contributed by atoms with van der Waals surface area (Å²) in [6.45, 7) is 6.83. The third kappa shape index (κ3) is 16.1. The Morgan fingerprint density at radius 3 is 1.59 bits per heavy atom. The van der Waals surface area contributed by atoms with Crippen molar-refractivity contribution in [2.24, 2.45) is 11.7 Å². The lowest BCUT2D eigenvalue weighted by molar-refractivity contribution is 0.137. The van der Waals surface area contributed by atoms with Gasteiger partial charge in [0, 0.05) is 5.54 Å². The van der Waals surface area contributed by atoms with Crippen LogP contribution in [0.5, 0.6) is 0 Å². The van der Waals surface area contributed by atoms with Crippen molar-refractivity contribution in [1.82, 2.24) is 0 Å². The smallest absolute Gasteiger partial charge is 0.450 e. The van der Waals surface area contributed by atoms with Gasteiger partial charge in [0.05, 0.1) is 0 Å². The summed E-state index contributed by atoms with van der Waals surface area (Å²) < 4.78 is 0. The number of rotatable bonds is 18. The van der Waals surface area contributed by atoms with E-state index in [1.54, 1.807) is 0 Å². The molecule has 0 saturated carbocycles. The Kier molecular flexibility index (Phi) is 19.1. The average molecular weight is 450 g/mol. The van der Waals surface area contributed by atoms with Gasteiger partial charge in [-0.25, -0.2) is 4.79 Å². The highest BCUT2D eigenvalue weighted by Gasteiger charge is 2.30. The molecule has 0 saturated heterocycles. The first kappa shape index (κ1) is 30.4. The molecular weight excluding hydrogens is 398 g/mol. The lowest BCUT2D eigenvalue weighted by Gasteiger charge is -2.36. The summed E-state index contributed by atoms with van der Waals surface area (Å²) in [6.07, 6.45) is 19.8. The lowest BCUT2D eigenvalue weighted by Crippen LogP contribution is -2.47. The fourth-order valence-electron chi connectivity index (χ4n) is 4.55. The van der Waals surface area contributed by atoms with Gasteiger partial charge in [0.25, 0.3) is 0 Å². The number of hydrogen-bond donors (Lipinski definition) is 3. The number of hydrogen-bond acceptors (Lipinski definition) is 2. The van der Waals surface area contributed by atoms with E-state index in [1.807, 2.05) is 0 Å². The molecule has 32 heavy (non-hydrogen) atoms. The van der Waals surface area contributed by atoms with Gasteiger partial charge in [-0.15, -0.1) is 0 Å². The van der Waals surface area contributed by atoms with Gasteiger partial charge in [-0.1, -0.05) is 128 Å². The normalized spacial score (nSPS) is 12.1. The molecule has 186 valence electrons. The van der Waals surface area contributed by atoms with Crippen molar-refractivity contribution in [3.63, 3.8) is 0 Å². The largest absolute Gasteiger partial charge is 0.503 e. The van der Waals surface area contributed by atoms with Crippen LogP contribution in [0.4, 0.5) is 4.79 Å². The second-order valence-corrected chi connectivity index (χ2v) is 9.29. The summed E-state index contributed by atoms with van der Waals surface area (Å²) >= 11 is 0. The van der Waals surface area contributed by atoms with Crippen LogP contribution in [0.2, 0.25) is 0 Å². The molecule has 4 N–H and O–H groups in total. The Morgan fingerprint density at radius 2 is 1.19 bits per heavy atom. The quantitative estimate of drug-likeness (QED) is 0.196. The van der Waals surface area contributed by atoms with Gasteiger partial charge in [0.2, 0.25) is 0 Å². The Bertz CT molecular complexity index is 539. The molecule has 1 unspecified atom stereocenters. The number of carboxylic acid groups (broad SMARTS) is 2. The third-order valence-corrected chi connectivity index (χ3v) is 6.86. The molecule has 1 atom stereocenters. The van der Waals surface area contributed by atoms with Gasteiger partial charge < -0.3 is 15.9 Å². The molecule has 0 aromatic heterocycles. The zero-order valence-electron chi connectivity index (χ0n) is 21.2. The molecule has 4 nitrogen and oxygen atoms in total. The lowest BCUT2D eigenvalue weighted by atomic mass is 9.74. The monoisotopic (exact) mass is 449 g/mol. The van der Waals surface area contributed by atoms with Crippen LogP contribution in [0.25, 0.3) is 0 Å². The van der Waals surface area contributed by atoms with Crippen LogP contribution in [0.15, 0.2) is 30.3 Å². The topological polar surface area (TPSA) is 83.6 Å². The van der Waals surface area contributed by atoms with Crippen molar-refractivity contribution in [2.75, 3.05) is 0 Å². The van der Waals surface area contributed by atoms with Crippen molar-refractivity contribution in [1.29, 1.82) is 0 Å². The minimum Gasteiger partial charge on any atom is -0.450 e. The van der Waals surface area contributed by atoms with E-state index in [0.717, 1.165) is 19.3 Å². The van der Waals surface area contributed by atoms with Crippen molar-refractivity contribution < 1.29 is 15.0 Å². The van der Waals surface area contributed by atoms with E-state index in [4.69, 9.17) is 20.7 Å². The molecule has 1 rings (SSSR count). The van der Waals surface area contributed by atoms with Crippen LogP contribution in [0.3, 0.4) is 0 Å². The van der Waals surface area contributed by atoms with Gasteiger partial charge >= 0.3 is 6.16 Å². The summed E-state index contributed by atoms with van der Waals surface area (Å²) in [5, 5.41) is 13.9. The maximum absolute atomic E-state index is 8.56. The maximum atomic E-state index is 8.56. The minimum absolute atomic E-state index is 0.00633. The molecular formula is C28H51NO3. The van der Waals surface area contributed by atoms with Gasteiger partial charge in [0.15, 0.2) is 0 Å². The van der Waals surface area contributed by atoms with Crippen molar-refractivity contribution in [3.8, 4) is 0 Å². The van der Waals surface area contributed by atoms with Crippen LogP contribution >= 0.6 is 0 Å². The molecule has 0 aliphatic rings. The molecule has 0 amide bonds. The van der Waals surface area contributed by atoms with Crippen molar-refractivity contribution in [3.05, 3.63) is 35.9 Å². The number of nitrogens with two attached hydrogens (primary N) is 1. The van der Waals surface area contributed by atoms with Gasteiger partial charge in [-0.05, 0) is 37.2 Å². The third-order valence-electron chi connectivity index (χ3n) is 6.86. The Hall–Kier alpha value is -1.55. The van der Waals surface area contributed by atoms with Gasteiger partial charge in [-0.2, -0.15) is 0 Å². The van der Waals surface area contributed by atoms with Crippen LogP contribution in [-0.2, 0) is 6.42 Å². The van der Waals surface area contributed by atoms with Crippen molar-refractivity contribution in [2.45, 2.75) is 129 Å². The van der Waals surface area contributed by atoms with Crippen LogP contribution in [0.1, 0.15) is 123 Å². The zero-order chi connectivity index (χ0) is 24.1. The summed E-state index contributed by atoms with van der Waals surface area (Å²) in [6, 6.07) is 11.0. The van der Waals surface area contributed by atoms with E-state index in [9.17, 15) is 0 Å². The first-order valence-electron chi connectivity index (χ1n) is 13.1. The summed E-state index contributed by atoms with van der Waals surface area (Å²) in [4.78, 5) is 8.56. The van der Waals surface area contributed by atoms with E-state index in [2.05, 4.69) is 51.1 Å². The van der Waals surface area contributed by atoms with E-state index in [1.165, 1.54) is 89.0 Å². The molecule has 0 fully saturated rings. The minimum atomic E-state index is -1.83. The molecule has 0 heterocycles. The fourth-order valence-corrected chi connectivity index (χ4v) is 4.55. The molecule has 0 spiro atoms. The predicted molar refractivity (Wildman–Crippen MR) is 137 cm³/mol. The molecule has 0 aliphatic heterocycles. The van der Waals surface area contributed by atoms with Crippen LogP contribution < -0.4 is 5.73 Å². The second kappa shape index (κ2) is 20.1. The number of carbonyl (C=O) groups is 1.